The van der Waals surface area contributed by atoms with Crippen molar-refractivity contribution in [3.8, 4) is 0 Å². The number of rotatable bonds is 6. The summed E-state index contributed by atoms with van der Waals surface area (Å²) in [4.78, 5) is 10.7. The van der Waals surface area contributed by atoms with Crippen LogP contribution in [0, 0.1) is 0 Å². The summed E-state index contributed by atoms with van der Waals surface area (Å²) < 4.78 is 26.0. The van der Waals surface area contributed by atoms with Crippen molar-refractivity contribution in [1.29, 1.82) is 0 Å². The maximum Gasteiger partial charge on any atom is 0.219 e. The minimum atomic E-state index is -3.51. The fraction of sp³-hybridized carbons (Fsp3) is 0.364. The number of carbonyl (C=O) groups is 1. The summed E-state index contributed by atoms with van der Waals surface area (Å²) in [7, 11) is -3.51. The van der Waals surface area contributed by atoms with E-state index in [4.69, 9.17) is 11.5 Å². The van der Waals surface area contributed by atoms with Gasteiger partial charge in [0.05, 0.1) is 5.75 Å². The standard InChI is InChI=1S/C11H17N3O3S/c1-8(5-11(13)15)14-18(16,17)7-9-3-2-4-10(12)6-9/h2-4,6,8,14H,5,7,12H2,1H3,(H2,13,15). The lowest BCUT2D eigenvalue weighted by Crippen LogP contribution is -2.36. The smallest absolute Gasteiger partial charge is 0.219 e. The minimum absolute atomic E-state index is 0.0316. The van der Waals surface area contributed by atoms with Crippen molar-refractivity contribution in [2.45, 2.75) is 25.1 Å². The second-order valence-corrected chi connectivity index (χ2v) is 5.95. The zero-order valence-corrected chi connectivity index (χ0v) is 10.9. The lowest BCUT2D eigenvalue weighted by Gasteiger charge is -2.12. The van der Waals surface area contributed by atoms with Gasteiger partial charge in [-0.15, -0.1) is 0 Å². The molecule has 0 saturated carbocycles. The van der Waals surface area contributed by atoms with Crippen LogP contribution in [0.25, 0.3) is 0 Å². The van der Waals surface area contributed by atoms with Crippen LogP contribution in [-0.2, 0) is 20.6 Å². The van der Waals surface area contributed by atoms with Crippen molar-refractivity contribution in [3.05, 3.63) is 29.8 Å². The fourth-order valence-corrected chi connectivity index (χ4v) is 2.99. The van der Waals surface area contributed by atoms with E-state index in [1.54, 1.807) is 31.2 Å². The summed E-state index contributed by atoms with van der Waals surface area (Å²) in [5, 5.41) is 0. The molecule has 0 aliphatic rings. The SMILES string of the molecule is CC(CC(N)=O)NS(=O)(=O)Cc1cccc(N)c1. The molecule has 18 heavy (non-hydrogen) atoms. The predicted octanol–water partition coefficient (Wildman–Crippen LogP) is -0.0479. The van der Waals surface area contributed by atoms with Crippen LogP contribution >= 0.6 is 0 Å². The number of carbonyl (C=O) groups excluding carboxylic acids is 1. The van der Waals surface area contributed by atoms with Gasteiger partial charge in [0.2, 0.25) is 15.9 Å². The van der Waals surface area contributed by atoms with Crippen molar-refractivity contribution >= 4 is 21.6 Å². The zero-order chi connectivity index (χ0) is 13.8. The van der Waals surface area contributed by atoms with E-state index in [1.807, 2.05) is 0 Å². The molecule has 0 aliphatic carbocycles. The van der Waals surface area contributed by atoms with E-state index in [1.165, 1.54) is 0 Å². The average molecular weight is 271 g/mol. The van der Waals surface area contributed by atoms with Gasteiger partial charge in [0.1, 0.15) is 0 Å². The molecule has 0 aromatic heterocycles. The molecule has 1 atom stereocenters. The fourth-order valence-electron chi connectivity index (χ4n) is 1.59. The van der Waals surface area contributed by atoms with Gasteiger partial charge in [0, 0.05) is 18.2 Å². The number of hydrogen-bond donors (Lipinski definition) is 3. The Morgan fingerprint density at radius 3 is 2.67 bits per heavy atom. The molecule has 0 aliphatic heterocycles. The second-order valence-electron chi connectivity index (χ2n) is 4.19. The molecule has 0 spiro atoms. The van der Waals surface area contributed by atoms with Gasteiger partial charge >= 0.3 is 0 Å². The Morgan fingerprint density at radius 2 is 2.11 bits per heavy atom. The quantitative estimate of drug-likeness (QED) is 0.629. The first-order chi connectivity index (χ1) is 8.28. The summed E-state index contributed by atoms with van der Waals surface area (Å²) in [6.07, 6.45) is -0.0316. The van der Waals surface area contributed by atoms with E-state index in [0.29, 0.717) is 11.3 Å². The molecule has 0 heterocycles. The molecular formula is C11H17N3O3S. The van der Waals surface area contributed by atoms with Crippen molar-refractivity contribution < 1.29 is 13.2 Å². The van der Waals surface area contributed by atoms with Gasteiger partial charge in [0.25, 0.3) is 0 Å². The first-order valence-corrected chi connectivity index (χ1v) is 7.06. The molecule has 6 nitrogen and oxygen atoms in total. The van der Waals surface area contributed by atoms with E-state index in [0.717, 1.165) is 0 Å². The molecule has 1 unspecified atom stereocenters. The lowest BCUT2D eigenvalue weighted by molar-refractivity contribution is -0.118. The Balaban J connectivity index is 2.68. The van der Waals surface area contributed by atoms with Crippen LogP contribution in [0.15, 0.2) is 24.3 Å². The Hall–Kier alpha value is -1.60. The highest BCUT2D eigenvalue weighted by Gasteiger charge is 2.16. The number of primary amides is 1. The molecule has 1 aromatic rings. The van der Waals surface area contributed by atoms with Crippen LogP contribution in [0.3, 0.4) is 0 Å². The third kappa shape index (κ3) is 5.15. The predicted molar refractivity (Wildman–Crippen MR) is 69.9 cm³/mol. The first kappa shape index (κ1) is 14.5. The summed E-state index contributed by atoms with van der Waals surface area (Å²) in [5.41, 5.74) is 11.7. The van der Waals surface area contributed by atoms with Crippen LogP contribution in [-0.4, -0.2) is 20.4 Å². The maximum absolute atomic E-state index is 11.8. The molecular weight excluding hydrogens is 254 g/mol. The highest BCUT2D eigenvalue weighted by molar-refractivity contribution is 7.88. The summed E-state index contributed by atoms with van der Waals surface area (Å²) >= 11 is 0. The highest BCUT2D eigenvalue weighted by Crippen LogP contribution is 2.10. The van der Waals surface area contributed by atoms with Crippen LogP contribution in [0.4, 0.5) is 5.69 Å². The highest BCUT2D eigenvalue weighted by atomic mass is 32.2. The van der Waals surface area contributed by atoms with E-state index < -0.39 is 22.0 Å². The Labute approximate surface area is 106 Å². The van der Waals surface area contributed by atoms with Gasteiger partial charge < -0.3 is 11.5 Å². The molecule has 5 N–H and O–H groups in total. The Morgan fingerprint density at radius 1 is 1.44 bits per heavy atom. The summed E-state index contributed by atoms with van der Waals surface area (Å²) in [5.74, 6) is -0.727. The van der Waals surface area contributed by atoms with Crippen molar-refractivity contribution in [2.24, 2.45) is 5.73 Å². The first-order valence-electron chi connectivity index (χ1n) is 5.41. The average Bonchev–Trinajstić information content (AvgIpc) is 2.13. The van der Waals surface area contributed by atoms with Gasteiger partial charge in [-0.25, -0.2) is 13.1 Å². The maximum atomic E-state index is 11.8. The largest absolute Gasteiger partial charge is 0.399 e. The van der Waals surface area contributed by atoms with Crippen LogP contribution in [0.2, 0.25) is 0 Å². The van der Waals surface area contributed by atoms with Gasteiger partial charge in [-0.05, 0) is 24.6 Å². The number of sulfonamides is 1. The van der Waals surface area contributed by atoms with Crippen molar-refractivity contribution in [3.63, 3.8) is 0 Å². The number of nitrogens with one attached hydrogen (secondary N) is 1. The minimum Gasteiger partial charge on any atom is -0.399 e. The molecule has 7 heteroatoms. The summed E-state index contributed by atoms with van der Waals surface area (Å²) in [6.45, 7) is 1.58. The molecule has 1 rings (SSSR count). The van der Waals surface area contributed by atoms with Gasteiger partial charge in [-0.3, -0.25) is 4.79 Å². The molecule has 100 valence electrons. The summed E-state index contributed by atoms with van der Waals surface area (Å²) in [6, 6.07) is 6.12. The molecule has 0 bridgehead atoms. The zero-order valence-electron chi connectivity index (χ0n) is 10.1. The van der Waals surface area contributed by atoms with Crippen LogP contribution in [0.5, 0.6) is 0 Å². The third-order valence-electron chi connectivity index (χ3n) is 2.20. The molecule has 1 amide bonds. The number of nitrogens with two attached hydrogens (primary N) is 2. The lowest BCUT2D eigenvalue weighted by atomic mass is 10.2. The number of benzene rings is 1. The molecule has 0 saturated heterocycles. The third-order valence-corrected chi connectivity index (χ3v) is 3.67. The van der Waals surface area contributed by atoms with E-state index in [2.05, 4.69) is 4.72 Å². The number of nitrogen functional groups attached to an aromatic ring is 1. The van der Waals surface area contributed by atoms with Gasteiger partial charge in [-0.1, -0.05) is 12.1 Å². The number of amides is 1. The number of anilines is 1. The molecule has 1 aromatic carbocycles. The molecule has 0 radical (unpaired) electrons. The Kier molecular flexibility index (Phi) is 4.69. The number of hydrogen-bond acceptors (Lipinski definition) is 4. The second kappa shape index (κ2) is 5.83. The van der Waals surface area contributed by atoms with E-state index in [9.17, 15) is 13.2 Å². The van der Waals surface area contributed by atoms with Gasteiger partial charge in [0.15, 0.2) is 0 Å². The Bertz CT molecular complexity index is 528. The normalized spacial score (nSPS) is 13.2. The van der Waals surface area contributed by atoms with E-state index >= 15 is 0 Å². The van der Waals surface area contributed by atoms with Gasteiger partial charge in [-0.2, -0.15) is 0 Å². The van der Waals surface area contributed by atoms with E-state index in [-0.39, 0.29) is 12.2 Å². The van der Waals surface area contributed by atoms with Crippen molar-refractivity contribution in [2.75, 3.05) is 5.73 Å². The molecule has 0 fully saturated rings. The monoisotopic (exact) mass is 271 g/mol. The van der Waals surface area contributed by atoms with Crippen molar-refractivity contribution in [1.82, 2.24) is 4.72 Å². The topological polar surface area (TPSA) is 115 Å². The van der Waals surface area contributed by atoms with Crippen LogP contribution < -0.4 is 16.2 Å². The van der Waals surface area contributed by atoms with Crippen LogP contribution in [0.1, 0.15) is 18.9 Å².